The first kappa shape index (κ1) is 12.9. The van der Waals surface area contributed by atoms with E-state index in [0.29, 0.717) is 5.69 Å². The van der Waals surface area contributed by atoms with Crippen LogP contribution < -0.4 is 11.0 Å². The number of rotatable bonds is 5. The monoisotopic (exact) mass is 257 g/mol. The van der Waals surface area contributed by atoms with Gasteiger partial charge in [-0.15, -0.1) is 10.2 Å². The average Bonchev–Trinajstić information content (AvgIpc) is 2.43. The van der Waals surface area contributed by atoms with Crippen LogP contribution in [0, 0.1) is 6.92 Å². The number of aromatic nitrogens is 3. The Labute approximate surface area is 110 Å². The highest BCUT2D eigenvalue weighted by Crippen LogP contribution is 2.00. The van der Waals surface area contributed by atoms with Crippen LogP contribution in [0.2, 0.25) is 0 Å². The Morgan fingerprint density at radius 2 is 2.11 bits per heavy atom. The Morgan fingerprint density at radius 1 is 1.32 bits per heavy atom. The van der Waals surface area contributed by atoms with Gasteiger partial charge in [-0.25, -0.2) is 5.43 Å². The first-order valence-electron chi connectivity index (χ1n) is 6.01. The molecule has 19 heavy (non-hydrogen) atoms. The highest BCUT2D eigenvalue weighted by atomic mass is 16.1. The van der Waals surface area contributed by atoms with Gasteiger partial charge < -0.3 is 0 Å². The van der Waals surface area contributed by atoms with Crippen molar-refractivity contribution in [3.63, 3.8) is 0 Å². The molecule has 0 atom stereocenters. The standard InChI is InChI=1S/C13H15N5O/c1-10-12(19)15-13(18-16-10)17-14-9-5-8-11-6-3-2-4-7-11/h2-4,6-7,9H,5,8H2,1H3,(H2,15,17,18,19)/b14-9+. The normalized spacial score (nSPS) is 10.8. The molecule has 0 amide bonds. The molecule has 0 bridgehead atoms. The number of hydrazone groups is 1. The van der Waals surface area contributed by atoms with Gasteiger partial charge in [-0.05, 0) is 25.3 Å². The van der Waals surface area contributed by atoms with Gasteiger partial charge in [-0.3, -0.25) is 9.78 Å². The van der Waals surface area contributed by atoms with Crippen molar-refractivity contribution in [2.24, 2.45) is 5.10 Å². The molecule has 0 fully saturated rings. The van der Waals surface area contributed by atoms with E-state index in [4.69, 9.17) is 0 Å². The molecule has 0 saturated heterocycles. The van der Waals surface area contributed by atoms with E-state index >= 15 is 0 Å². The van der Waals surface area contributed by atoms with E-state index in [1.807, 2.05) is 18.2 Å². The fraction of sp³-hybridized carbons (Fsp3) is 0.231. The van der Waals surface area contributed by atoms with Crippen LogP contribution in [0.1, 0.15) is 17.7 Å². The van der Waals surface area contributed by atoms with Crippen molar-refractivity contribution in [3.05, 3.63) is 51.9 Å². The number of aryl methyl sites for hydroxylation is 2. The van der Waals surface area contributed by atoms with Crippen molar-refractivity contribution < 1.29 is 0 Å². The Morgan fingerprint density at radius 3 is 2.84 bits per heavy atom. The third-order valence-corrected chi connectivity index (χ3v) is 2.53. The summed E-state index contributed by atoms with van der Waals surface area (Å²) in [7, 11) is 0. The van der Waals surface area contributed by atoms with Crippen molar-refractivity contribution in [3.8, 4) is 0 Å². The molecule has 6 heteroatoms. The molecule has 0 unspecified atom stereocenters. The summed E-state index contributed by atoms with van der Waals surface area (Å²) >= 11 is 0. The minimum absolute atomic E-state index is 0.242. The van der Waals surface area contributed by atoms with Crippen LogP contribution >= 0.6 is 0 Å². The lowest BCUT2D eigenvalue weighted by molar-refractivity contribution is 0.896. The third kappa shape index (κ3) is 4.02. The van der Waals surface area contributed by atoms with E-state index in [-0.39, 0.29) is 11.5 Å². The molecular formula is C13H15N5O. The summed E-state index contributed by atoms with van der Waals surface area (Å²) in [6.45, 7) is 1.60. The van der Waals surface area contributed by atoms with Crippen LogP contribution in [0.25, 0.3) is 0 Å². The predicted octanol–water partition coefficient (Wildman–Crippen LogP) is 1.50. The van der Waals surface area contributed by atoms with E-state index < -0.39 is 0 Å². The molecule has 1 aromatic heterocycles. The van der Waals surface area contributed by atoms with E-state index in [2.05, 4.69) is 37.8 Å². The number of anilines is 1. The Kier molecular flexibility index (Phi) is 4.39. The molecular weight excluding hydrogens is 242 g/mol. The van der Waals surface area contributed by atoms with Gasteiger partial charge in [0.05, 0.1) is 0 Å². The van der Waals surface area contributed by atoms with Crippen molar-refractivity contribution >= 4 is 12.2 Å². The Hall–Kier alpha value is -2.50. The van der Waals surface area contributed by atoms with E-state index in [9.17, 15) is 4.79 Å². The number of aromatic amines is 1. The van der Waals surface area contributed by atoms with Gasteiger partial charge in [0.25, 0.3) is 5.56 Å². The first-order chi connectivity index (χ1) is 9.25. The number of nitrogens with one attached hydrogen (secondary N) is 2. The summed E-state index contributed by atoms with van der Waals surface area (Å²) in [5.74, 6) is 0.242. The molecule has 98 valence electrons. The molecule has 6 nitrogen and oxygen atoms in total. The molecule has 1 heterocycles. The van der Waals surface area contributed by atoms with Gasteiger partial charge >= 0.3 is 0 Å². The second kappa shape index (κ2) is 6.44. The van der Waals surface area contributed by atoms with E-state index in [0.717, 1.165) is 12.8 Å². The first-order valence-corrected chi connectivity index (χ1v) is 6.01. The second-order valence-electron chi connectivity index (χ2n) is 4.04. The fourth-order valence-corrected chi connectivity index (χ4v) is 1.49. The summed E-state index contributed by atoms with van der Waals surface area (Å²) in [6, 6.07) is 10.2. The summed E-state index contributed by atoms with van der Waals surface area (Å²) in [4.78, 5) is 13.8. The number of benzene rings is 1. The van der Waals surface area contributed by atoms with Gasteiger partial charge in [0.2, 0.25) is 5.95 Å². The Balaban J connectivity index is 1.80. The van der Waals surface area contributed by atoms with Gasteiger partial charge in [0.1, 0.15) is 5.69 Å². The van der Waals surface area contributed by atoms with E-state index in [1.54, 1.807) is 13.1 Å². The highest BCUT2D eigenvalue weighted by molar-refractivity contribution is 5.58. The molecule has 2 N–H and O–H groups in total. The molecule has 0 aliphatic rings. The maximum Gasteiger partial charge on any atom is 0.274 e. The maximum atomic E-state index is 11.3. The molecule has 1 aromatic carbocycles. The summed E-state index contributed by atoms with van der Waals surface area (Å²) in [5.41, 5.74) is 3.97. The third-order valence-electron chi connectivity index (χ3n) is 2.53. The number of hydrogen-bond acceptors (Lipinski definition) is 5. The lowest BCUT2D eigenvalue weighted by Gasteiger charge is -1.98. The van der Waals surface area contributed by atoms with E-state index in [1.165, 1.54) is 5.56 Å². The Bertz CT molecular complexity index is 606. The van der Waals surface area contributed by atoms with Gasteiger partial charge in [-0.1, -0.05) is 30.3 Å². The summed E-state index contributed by atoms with van der Waals surface area (Å²) < 4.78 is 0. The predicted molar refractivity (Wildman–Crippen MR) is 74.3 cm³/mol. The van der Waals surface area contributed by atoms with Crippen molar-refractivity contribution in [1.29, 1.82) is 0 Å². The maximum absolute atomic E-state index is 11.3. The number of hydrogen-bond donors (Lipinski definition) is 2. The average molecular weight is 257 g/mol. The lowest BCUT2D eigenvalue weighted by Crippen LogP contribution is -2.15. The van der Waals surface area contributed by atoms with Crippen LogP contribution in [-0.4, -0.2) is 21.4 Å². The molecule has 0 aliphatic heterocycles. The summed E-state index contributed by atoms with van der Waals surface area (Å²) in [5, 5.41) is 11.4. The van der Waals surface area contributed by atoms with Crippen LogP contribution in [0.5, 0.6) is 0 Å². The molecule has 0 spiro atoms. The minimum Gasteiger partial charge on any atom is -0.288 e. The zero-order chi connectivity index (χ0) is 13.5. The molecule has 0 aliphatic carbocycles. The number of nitrogens with zero attached hydrogens (tertiary/aromatic N) is 3. The quantitative estimate of drug-likeness (QED) is 0.628. The van der Waals surface area contributed by atoms with Gasteiger partial charge in [0, 0.05) is 6.21 Å². The topological polar surface area (TPSA) is 83.0 Å². The van der Waals surface area contributed by atoms with Crippen molar-refractivity contribution in [1.82, 2.24) is 15.2 Å². The minimum atomic E-state index is -0.267. The molecule has 0 saturated carbocycles. The lowest BCUT2D eigenvalue weighted by atomic mass is 10.1. The van der Waals surface area contributed by atoms with Crippen LogP contribution in [0.15, 0.2) is 40.2 Å². The smallest absolute Gasteiger partial charge is 0.274 e. The molecule has 2 rings (SSSR count). The highest BCUT2D eigenvalue weighted by Gasteiger charge is 1.97. The fourth-order valence-electron chi connectivity index (χ4n) is 1.49. The zero-order valence-corrected chi connectivity index (χ0v) is 10.6. The van der Waals surface area contributed by atoms with Crippen LogP contribution in [0.4, 0.5) is 5.95 Å². The molecule has 2 aromatic rings. The van der Waals surface area contributed by atoms with Crippen molar-refractivity contribution in [2.75, 3.05) is 5.43 Å². The van der Waals surface area contributed by atoms with Gasteiger partial charge in [0.15, 0.2) is 0 Å². The zero-order valence-electron chi connectivity index (χ0n) is 10.6. The van der Waals surface area contributed by atoms with Gasteiger partial charge in [-0.2, -0.15) is 5.10 Å². The second-order valence-corrected chi connectivity index (χ2v) is 4.04. The van der Waals surface area contributed by atoms with Crippen LogP contribution in [-0.2, 0) is 6.42 Å². The SMILES string of the molecule is Cc1nnc(N/N=C/CCc2ccccc2)[nH]c1=O. The molecule has 0 radical (unpaired) electrons. The summed E-state index contributed by atoms with van der Waals surface area (Å²) in [6.07, 6.45) is 3.47. The number of H-pyrrole nitrogens is 1. The largest absolute Gasteiger partial charge is 0.288 e. The van der Waals surface area contributed by atoms with Crippen LogP contribution in [0.3, 0.4) is 0 Å². The van der Waals surface area contributed by atoms with Crippen molar-refractivity contribution in [2.45, 2.75) is 19.8 Å².